The Balaban J connectivity index is 2.25. The van der Waals surface area contributed by atoms with Gasteiger partial charge >= 0.3 is 0 Å². The van der Waals surface area contributed by atoms with Gasteiger partial charge in [0.25, 0.3) is 0 Å². The standard InChI is InChI=1S/C10H9FN4/c11-7-1-2-9(8(12)5-7)15-10-3-4-13-6-14-10/h1-6H,12H2,(H,13,14,15). The fourth-order valence-electron chi connectivity index (χ4n) is 1.15. The van der Waals surface area contributed by atoms with E-state index >= 15 is 0 Å². The molecule has 0 saturated heterocycles. The zero-order valence-electron chi connectivity index (χ0n) is 7.81. The molecule has 1 aromatic heterocycles. The quantitative estimate of drug-likeness (QED) is 0.734. The monoisotopic (exact) mass is 204 g/mol. The van der Waals surface area contributed by atoms with Crippen LogP contribution in [0.2, 0.25) is 0 Å². The van der Waals surface area contributed by atoms with E-state index in [1.165, 1.54) is 18.5 Å². The summed E-state index contributed by atoms with van der Waals surface area (Å²) in [6, 6.07) is 5.85. The lowest BCUT2D eigenvalue weighted by Gasteiger charge is -2.07. The molecule has 2 aromatic rings. The van der Waals surface area contributed by atoms with Crippen LogP contribution in [0.1, 0.15) is 0 Å². The van der Waals surface area contributed by atoms with Crippen molar-refractivity contribution in [3.05, 3.63) is 42.6 Å². The molecule has 0 saturated carbocycles. The second-order valence-electron chi connectivity index (χ2n) is 2.95. The predicted molar refractivity (Wildman–Crippen MR) is 56.1 cm³/mol. The molecule has 0 atom stereocenters. The van der Waals surface area contributed by atoms with Gasteiger partial charge in [-0.2, -0.15) is 0 Å². The van der Waals surface area contributed by atoms with Crippen molar-refractivity contribution >= 4 is 17.2 Å². The van der Waals surface area contributed by atoms with Crippen LogP contribution < -0.4 is 11.1 Å². The fourth-order valence-corrected chi connectivity index (χ4v) is 1.15. The lowest BCUT2D eigenvalue weighted by atomic mass is 10.2. The second-order valence-corrected chi connectivity index (χ2v) is 2.95. The highest BCUT2D eigenvalue weighted by molar-refractivity contribution is 5.70. The molecular weight excluding hydrogens is 195 g/mol. The molecule has 0 radical (unpaired) electrons. The van der Waals surface area contributed by atoms with E-state index in [1.807, 2.05) is 0 Å². The lowest BCUT2D eigenvalue weighted by molar-refractivity contribution is 0.628. The predicted octanol–water partition coefficient (Wildman–Crippen LogP) is 1.94. The van der Waals surface area contributed by atoms with Gasteiger partial charge in [0.2, 0.25) is 0 Å². The first-order chi connectivity index (χ1) is 7.25. The average molecular weight is 204 g/mol. The number of anilines is 3. The first-order valence-electron chi connectivity index (χ1n) is 4.34. The van der Waals surface area contributed by atoms with Crippen LogP contribution in [0.15, 0.2) is 36.8 Å². The molecule has 0 aliphatic carbocycles. The van der Waals surface area contributed by atoms with Crippen LogP contribution in [0.4, 0.5) is 21.6 Å². The smallest absolute Gasteiger partial charge is 0.133 e. The van der Waals surface area contributed by atoms with Crippen LogP contribution >= 0.6 is 0 Å². The third-order valence-electron chi connectivity index (χ3n) is 1.86. The highest BCUT2D eigenvalue weighted by Gasteiger charge is 2.01. The van der Waals surface area contributed by atoms with Crippen LogP contribution in [0, 0.1) is 5.82 Å². The van der Waals surface area contributed by atoms with Crippen LogP contribution in [0.25, 0.3) is 0 Å². The van der Waals surface area contributed by atoms with Crippen molar-refractivity contribution < 1.29 is 4.39 Å². The molecule has 0 bridgehead atoms. The van der Waals surface area contributed by atoms with E-state index in [9.17, 15) is 4.39 Å². The molecule has 0 aliphatic rings. The van der Waals surface area contributed by atoms with Crippen molar-refractivity contribution in [1.82, 2.24) is 9.97 Å². The lowest BCUT2D eigenvalue weighted by Crippen LogP contribution is -1.98. The maximum Gasteiger partial charge on any atom is 0.133 e. The van der Waals surface area contributed by atoms with Gasteiger partial charge in [0.15, 0.2) is 0 Å². The number of benzene rings is 1. The van der Waals surface area contributed by atoms with Gasteiger partial charge in [-0.3, -0.25) is 0 Å². The molecular formula is C10H9FN4. The number of nitrogen functional groups attached to an aromatic ring is 1. The molecule has 0 spiro atoms. The molecule has 15 heavy (non-hydrogen) atoms. The summed E-state index contributed by atoms with van der Waals surface area (Å²) in [6.45, 7) is 0. The summed E-state index contributed by atoms with van der Waals surface area (Å²) in [4.78, 5) is 7.75. The first-order valence-corrected chi connectivity index (χ1v) is 4.34. The number of halogens is 1. The van der Waals surface area contributed by atoms with E-state index in [2.05, 4.69) is 15.3 Å². The number of hydrogen-bond donors (Lipinski definition) is 2. The number of nitrogens with zero attached hydrogens (tertiary/aromatic N) is 2. The van der Waals surface area contributed by atoms with E-state index in [0.29, 0.717) is 17.2 Å². The van der Waals surface area contributed by atoms with Crippen LogP contribution in [0.5, 0.6) is 0 Å². The third-order valence-corrected chi connectivity index (χ3v) is 1.86. The Labute approximate surface area is 86.0 Å². The largest absolute Gasteiger partial charge is 0.397 e. The highest BCUT2D eigenvalue weighted by Crippen LogP contribution is 2.22. The fraction of sp³-hybridized carbons (Fsp3) is 0. The summed E-state index contributed by atoms with van der Waals surface area (Å²) in [5.74, 6) is 0.254. The molecule has 2 rings (SSSR count). The first kappa shape index (κ1) is 9.39. The minimum absolute atomic E-state index is 0.341. The van der Waals surface area contributed by atoms with E-state index in [-0.39, 0.29) is 5.82 Å². The van der Waals surface area contributed by atoms with Crippen molar-refractivity contribution in [2.24, 2.45) is 0 Å². The van der Waals surface area contributed by atoms with E-state index < -0.39 is 0 Å². The molecule has 76 valence electrons. The van der Waals surface area contributed by atoms with Crippen LogP contribution in [-0.4, -0.2) is 9.97 Å². The average Bonchev–Trinajstić information content (AvgIpc) is 2.24. The minimum Gasteiger partial charge on any atom is -0.397 e. The Morgan fingerprint density at radius 3 is 2.80 bits per heavy atom. The van der Waals surface area contributed by atoms with Crippen molar-refractivity contribution in [2.45, 2.75) is 0 Å². The van der Waals surface area contributed by atoms with Gasteiger partial charge in [-0.05, 0) is 24.3 Å². The number of nitrogens with two attached hydrogens (primary N) is 1. The van der Waals surface area contributed by atoms with Crippen molar-refractivity contribution in [2.75, 3.05) is 11.1 Å². The Morgan fingerprint density at radius 2 is 2.13 bits per heavy atom. The van der Waals surface area contributed by atoms with Gasteiger partial charge < -0.3 is 11.1 Å². The highest BCUT2D eigenvalue weighted by atomic mass is 19.1. The zero-order valence-corrected chi connectivity index (χ0v) is 7.81. The van der Waals surface area contributed by atoms with Crippen molar-refractivity contribution in [1.29, 1.82) is 0 Å². The molecule has 0 fully saturated rings. The summed E-state index contributed by atoms with van der Waals surface area (Å²) in [5.41, 5.74) is 6.59. The molecule has 1 heterocycles. The Hall–Kier alpha value is -2.17. The molecule has 0 amide bonds. The zero-order chi connectivity index (χ0) is 10.7. The van der Waals surface area contributed by atoms with Gasteiger partial charge in [0.05, 0.1) is 11.4 Å². The van der Waals surface area contributed by atoms with Gasteiger partial charge in [0, 0.05) is 6.20 Å². The Kier molecular flexibility index (Phi) is 2.45. The number of aromatic nitrogens is 2. The molecule has 0 unspecified atom stereocenters. The number of nitrogens with one attached hydrogen (secondary N) is 1. The Morgan fingerprint density at radius 1 is 1.27 bits per heavy atom. The van der Waals surface area contributed by atoms with Gasteiger partial charge in [-0.25, -0.2) is 14.4 Å². The van der Waals surface area contributed by atoms with E-state index in [1.54, 1.807) is 18.3 Å². The summed E-state index contributed by atoms with van der Waals surface area (Å²) >= 11 is 0. The van der Waals surface area contributed by atoms with Gasteiger partial charge in [-0.1, -0.05) is 0 Å². The molecule has 5 heteroatoms. The SMILES string of the molecule is Nc1cc(F)ccc1Nc1ccncn1. The molecule has 4 nitrogen and oxygen atoms in total. The number of rotatable bonds is 2. The van der Waals surface area contributed by atoms with Gasteiger partial charge in [-0.15, -0.1) is 0 Å². The Bertz CT molecular complexity index is 458. The van der Waals surface area contributed by atoms with Crippen LogP contribution in [-0.2, 0) is 0 Å². The second kappa shape index (κ2) is 3.91. The van der Waals surface area contributed by atoms with E-state index in [4.69, 9.17) is 5.73 Å². The summed E-state index contributed by atoms with van der Waals surface area (Å²) in [5, 5.41) is 2.96. The van der Waals surface area contributed by atoms with Gasteiger partial charge in [0.1, 0.15) is 18.0 Å². The van der Waals surface area contributed by atoms with Crippen molar-refractivity contribution in [3.8, 4) is 0 Å². The van der Waals surface area contributed by atoms with Crippen LogP contribution in [0.3, 0.4) is 0 Å². The van der Waals surface area contributed by atoms with Crippen molar-refractivity contribution in [3.63, 3.8) is 0 Å². The maximum atomic E-state index is 12.8. The molecule has 3 N–H and O–H groups in total. The summed E-state index contributed by atoms with van der Waals surface area (Å²) < 4.78 is 12.8. The summed E-state index contributed by atoms with van der Waals surface area (Å²) in [7, 11) is 0. The minimum atomic E-state index is -0.360. The molecule has 1 aromatic carbocycles. The number of hydrogen-bond acceptors (Lipinski definition) is 4. The maximum absolute atomic E-state index is 12.8. The normalized spacial score (nSPS) is 9.93. The summed E-state index contributed by atoms with van der Waals surface area (Å²) in [6.07, 6.45) is 3.02. The molecule has 0 aliphatic heterocycles. The third kappa shape index (κ3) is 2.19. The topological polar surface area (TPSA) is 63.8 Å². The van der Waals surface area contributed by atoms with E-state index in [0.717, 1.165) is 0 Å².